The standard InChI is InChI=1S/C27H37ClO6SSi/c1-26(2,3)36(22-12-6-4-7-13-22,23-14-8-5-9-15-23)32-20-25-24(34-35(29,30)21-28)16-18-27(33-25)17-10-11-19-31-27/h4-9,12-15,24-25H,10-11,16-21H2,1-3H3/t24-,25+,27?/m0/s1. The zero-order valence-electron chi connectivity index (χ0n) is 21.3. The summed E-state index contributed by atoms with van der Waals surface area (Å²) in [6, 6.07) is 20.7. The lowest BCUT2D eigenvalue weighted by Crippen LogP contribution is -2.67. The molecule has 4 rings (SSSR count). The monoisotopic (exact) mass is 552 g/mol. The summed E-state index contributed by atoms with van der Waals surface area (Å²) in [5.41, 5.74) is 0. The topological polar surface area (TPSA) is 71.1 Å². The molecule has 2 aromatic rings. The van der Waals surface area contributed by atoms with Gasteiger partial charge < -0.3 is 13.9 Å². The fourth-order valence-electron chi connectivity index (χ4n) is 5.51. The predicted octanol–water partition coefficient (Wildman–Crippen LogP) is 4.55. The Labute approximate surface area is 221 Å². The molecule has 0 amide bonds. The second-order valence-corrected chi connectivity index (χ2v) is 17.2. The van der Waals surface area contributed by atoms with Crippen LogP contribution in [0.25, 0.3) is 0 Å². The third-order valence-corrected chi connectivity index (χ3v) is 13.8. The summed E-state index contributed by atoms with van der Waals surface area (Å²) in [4.78, 5) is 0. The molecule has 36 heavy (non-hydrogen) atoms. The minimum atomic E-state index is -3.88. The van der Waals surface area contributed by atoms with Crippen LogP contribution < -0.4 is 10.4 Å². The second kappa shape index (κ2) is 11.2. The zero-order valence-corrected chi connectivity index (χ0v) is 23.9. The minimum absolute atomic E-state index is 0.181. The van der Waals surface area contributed by atoms with E-state index in [9.17, 15) is 8.42 Å². The van der Waals surface area contributed by atoms with Crippen LogP contribution in [0.15, 0.2) is 60.7 Å². The van der Waals surface area contributed by atoms with Crippen molar-refractivity contribution in [1.29, 1.82) is 0 Å². The largest absolute Gasteiger partial charge is 0.405 e. The molecular formula is C27H37ClO6SSi. The van der Waals surface area contributed by atoms with Crippen molar-refractivity contribution in [2.45, 2.75) is 75.9 Å². The van der Waals surface area contributed by atoms with Gasteiger partial charge in [0.05, 0.1) is 13.2 Å². The van der Waals surface area contributed by atoms with Crippen LogP contribution >= 0.6 is 11.6 Å². The molecule has 1 unspecified atom stereocenters. The molecule has 2 heterocycles. The fraction of sp³-hybridized carbons (Fsp3) is 0.556. The first-order valence-corrected chi connectivity index (χ1v) is 16.7. The van der Waals surface area contributed by atoms with E-state index in [1.165, 1.54) is 0 Å². The Morgan fingerprint density at radius 3 is 2.11 bits per heavy atom. The molecule has 2 aliphatic rings. The van der Waals surface area contributed by atoms with Crippen molar-refractivity contribution in [1.82, 2.24) is 0 Å². The average Bonchev–Trinajstić information content (AvgIpc) is 2.87. The molecule has 2 aromatic carbocycles. The Balaban J connectivity index is 1.71. The summed E-state index contributed by atoms with van der Waals surface area (Å²) in [6.07, 6.45) is 2.54. The zero-order chi connectivity index (χ0) is 25.9. The third kappa shape index (κ3) is 5.90. The lowest BCUT2D eigenvalue weighted by molar-refractivity contribution is -0.312. The molecule has 2 fully saturated rings. The van der Waals surface area contributed by atoms with Gasteiger partial charge >= 0.3 is 0 Å². The van der Waals surface area contributed by atoms with Crippen LogP contribution in [0.5, 0.6) is 0 Å². The molecular weight excluding hydrogens is 516 g/mol. The van der Waals surface area contributed by atoms with Crippen LogP contribution in [0.3, 0.4) is 0 Å². The first-order chi connectivity index (χ1) is 17.1. The summed E-state index contributed by atoms with van der Waals surface area (Å²) in [5.74, 6) is -0.720. The van der Waals surface area contributed by atoms with Gasteiger partial charge in [0.15, 0.2) is 5.79 Å². The van der Waals surface area contributed by atoms with Gasteiger partial charge in [-0.15, -0.1) is 11.6 Å². The van der Waals surface area contributed by atoms with E-state index in [1.54, 1.807) is 0 Å². The third-order valence-electron chi connectivity index (χ3n) is 7.19. The maximum atomic E-state index is 12.3. The van der Waals surface area contributed by atoms with Crippen molar-refractivity contribution in [2.24, 2.45) is 0 Å². The Kier molecular flexibility index (Phi) is 8.66. The molecule has 0 aromatic heterocycles. The number of rotatable bonds is 8. The lowest BCUT2D eigenvalue weighted by Gasteiger charge is -2.48. The van der Waals surface area contributed by atoms with Gasteiger partial charge in [-0.3, -0.25) is 4.18 Å². The summed E-state index contributed by atoms with van der Waals surface area (Å²) in [7, 11) is -6.72. The highest BCUT2D eigenvalue weighted by Gasteiger charge is 2.52. The highest BCUT2D eigenvalue weighted by Crippen LogP contribution is 2.41. The molecule has 3 atom stereocenters. The fourth-order valence-corrected chi connectivity index (χ4v) is 10.9. The highest BCUT2D eigenvalue weighted by molar-refractivity contribution is 7.87. The molecule has 198 valence electrons. The molecule has 0 saturated carbocycles. The minimum Gasteiger partial charge on any atom is -0.405 e. The first kappa shape index (κ1) is 27.8. The van der Waals surface area contributed by atoms with Gasteiger partial charge in [0.25, 0.3) is 18.4 Å². The number of alkyl halides is 1. The van der Waals surface area contributed by atoms with Crippen molar-refractivity contribution >= 4 is 40.4 Å². The molecule has 1 spiro atoms. The Hall–Kier alpha value is -1.26. The Bertz CT molecular complexity index is 1040. The summed E-state index contributed by atoms with van der Waals surface area (Å²) in [5, 5.41) is 1.47. The van der Waals surface area contributed by atoms with Gasteiger partial charge in [0, 0.05) is 12.8 Å². The van der Waals surface area contributed by atoms with E-state index in [1.807, 2.05) is 36.4 Å². The maximum Gasteiger partial charge on any atom is 0.281 e. The smallest absolute Gasteiger partial charge is 0.281 e. The van der Waals surface area contributed by atoms with Crippen molar-refractivity contribution in [3.8, 4) is 0 Å². The van der Waals surface area contributed by atoms with Crippen LogP contribution in [-0.4, -0.2) is 53.2 Å². The lowest BCUT2D eigenvalue weighted by atomic mass is 9.93. The highest BCUT2D eigenvalue weighted by atomic mass is 35.5. The van der Waals surface area contributed by atoms with Gasteiger partial charge in [-0.1, -0.05) is 81.4 Å². The van der Waals surface area contributed by atoms with Crippen LogP contribution in [0.4, 0.5) is 0 Å². The van der Waals surface area contributed by atoms with Crippen LogP contribution in [0.1, 0.15) is 52.9 Å². The van der Waals surface area contributed by atoms with E-state index < -0.39 is 41.6 Å². The molecule has 2 saturated heterocycles. The maximum absolute atomic E-state index is 12.3. The molecule has 6 nitrogen and oxygen atoms in total. The van der Waals surface area contributed by atoms with E-state index in [0.29, 0.717) is 19.4 Å². The quantitative estimate of drug-likeness (QED) is 0.272. The van der Waals surface area contributed by atoms with Gasteiger partial charge in [0.2, 0.25) is 0 Å². The van der Waals surface area contributed by atoms with Gasteiger partial charge in [-0.2, -0.15) is 8.42 Å². The number of benzene rings is 2. The predicted molar refractivity (Wildman–Crippen MR) is 145 cm³/mol. The number of halogens is 1. The van der Waals surface area contributed by atoms with Crippen molar-refractivity contribution in [3.63, 3.8) is 0 Å². The second-order valence-electron chi connectivity index (χ2n) is 10.7. The van der Waals surface area contributed by atoms with E-state index in [-0.39, 0.29) is 11.6 Å². The number of hydrogen-bond donors (Lipinski definition) is 0. The SMILES string of the molecule is CC(C)(C)[Si](OC[C@H]1OC2(CCCCO2)CC[C@@H]1OS(=O)(=O)CCl)(c1ccccc1)c1ccccc1. The number of hydrogen-bond acceptors (Lipinski definition) is 6. The van der Waals surface area contributed by atoms with Crippen LogP contribution in [-0.2, 0) is 28.2 Å². The Morgan fingerprint density at radius 2 is 1.61 bits per heavy atom. The molecule has 0 N–H and O–H groups in total. The summed E-state index contributed by atoms with van der Waals surface area (Å²) >= 11 is 5.67. The molecule has 0 aliphatic carbocycles. The first-order valence-electron chi connectivity index (χ1n) is 12.6. The number of ether oxygens (including phenoxy) is 2. The molecule has 0 bridgehead atoms. The van der Waals surface area contributed by atoms with Gasteiger partial charge in [0.1, 0.15) is 17.4 Å². The summed E-state index contributed by atoms with van der Waals surface area (Å²) < 4.78 is 49.9. The van der Waals surface area contributed by atoms with Gasteiger partial charge in [-0.05, 0) is 34.7 Å². The van der Waals surface area contributed by atoms with Crippen LogP contribution in [0.2, 0.25) is 5.04 Å². The van der Waals surface area contributed by atoms with E-state index in [4.69, 9.17) is 29.7 Å². The average molecular weight is 553 g/mol. The molecule has 0 radical (unpaired) electrons. The molecule has 2 aliphatic heterocycles. The van der Waals surface area contributed by atoms with E-state index in [0.717, 1.165) is 29.6 Å². The van der Waals surface area contributed by atoms with E-state index >= 15 is 0 Å². The Morgan fingerprint density at radius 1 is 1.00 bits per heavy atom. The normalized spacial score (nSPS) is 25.7. The van der Waals surface area contributed by atoms with Gasteiger partial charge in [-0.25, -0.2) is 0 Å². The van der Waals surface area contributed by atoms with Crippen LogP contribution in [0, 0.1) is 0 Å². The van der Waals surface area contributed by atoms with E-state index in [2.05, 4.69) is 45.0 Å². The van der Waals surface area contributed by atoms with Crippen molar-refractivity contribution < 1.29 is 26.5 Å². The summed E-state index contributed by atoms with van der Waals surface area (Å²) in [6.45, 7) is 7.44. The molecule has 9 heteroatoms. The van der Waals surface area contributed by atoms with Crippen molar-refractivity contribution in [2.75, 3.05) is 18.4 Å². The van der Waals surface area contributed by atoms with Crippen molar-refractivity contribution in [3.05, 3.63) is 60.7 Å².